The molecule has 3 heteroatoms. The molecular weight excluding hydrogens is 298 g/mol. The Morgan fingerprint density at radius 2 is 1.62 bits per heavy atom. The summed E-state index contributed by atoms with van der Waals surface area (Å²) in [7, 11) is 1.65. The molecule has 1 amide bonds. The predicted molar refractivity (Wildman–Crippen MR) is 98.6 cm³/mol. The third-order valence-electron chi connectivity index (χ3n) is 4.24. The second-order valence-corrected chi connectivity index (χ2v) is 7.03. The Bertz CT molecular complexity index is 666. The van der Waals surface area contributed by atoms with E-state index in [1.165, 1.54) is 5.56 Å². The topological polar surface area (TPSA) is 38.3 Å². The van der Waals surface area contributed by atoms with Crippen LogP contribution >= 0.6 is 0 Å². The number of carbonyl (C=O) groups is 1. The van der Waals surface area contributed by atoms with E-state index >= 15 is 0 Å². The molecule has 3 nitrogen and oxygen atoms in total. The highest BCUT2D eigenvalue weighted by atomic mass is 16.5. The van der Waals surface area contributed by atoms with Crippen LogP contribution in [0.4, 0.5) is 0 Å². The summed E-state index contributed by atoms with van der Waals surface area (Å²) in [6.07, 6.45) is 0.831. The third kappa shape index (κ3) is 4.38. The van der Waals surface area contributed by atoms with Gasteiger partial charge in [0.15, 0.2) is 0 Å². The summed E-state index contributed by atoms with van der Waals surface area (Å²) in [5.74, 6) is 0.774. The highest BCUT2D eigenvalue weighted by Gasteiger charge is 2.16. The maximum atomic E-state index is 12.5. The van der Waals surface area contributed by atoms with E-state index in [0.717, 1.165) is 17.7 Å². The van der Waals surface area contributed by atoms with Crippen molar-refractivity contribution in [3.63, 3.8) is 0 Å². The molecule has 2 rings (SSSR count). The van der Waals surface area contributed by atoms with Crippen LogP contribution in [-0.4, -0.2) is 13.0 Å². The number of benzene rings is 2. The maximum Gasteiger partial charge on any atom is 0.251 e. The second kappa shape index (κ2) is 7.52. The fraction of sp³-hybridized carbons (Fsp3) is 0.381. The zero-order valence-corrected chi connectivity index (χ0v) is 15.2. The van der Waals surface area contributed by atoms with Gasteiger partial charge in [-0.3, -0.25) is 4.79 Å². The highest BCUT2D eigenvalue weighted by Crippen LogP contribution is 2.23. The van der Waals surface area contributed by atoms with Gasteiger partial charge in [0.25, 0.3) is 5.91 Å². The number of ether oxygens (including phenoxy) is 1. The summed E-state index contributed by atoms with van der Waals surface area (Å²) in [6.45, 7) is 8.56. The standard InChI is InChI=1S/C21H27NO2/c1-6-19(15-9-13-18(24-5)14-10-15)22-20(23)16-7-11-17(12-8-16)21(2,3)4/h7-14,19H,6H2,1-5H3,(H,22,23). The van der Waals surface area contributed by atoms with E-state index in [-0.39, 0.29) is 17.4 Å². The molecular formula is C21H27NO2. The first-order valence-electron chi connectivity index (χ1n) is 8.40. The van der Waals surface area contributed by atoms with E-state index in [4.69, 9.17) is 4.74 Å². The van der Waals surface area contributed by atoms with Crippen molar-refractivity contribution in [2.75, 3.05) is 7.11 Å². The van der Waals surface area contributed by atoms with Crippen LogP contribution in [0.5, 0.6) is 5.75 Å². The van der Waals surface area contributed by atoms with Crippen molar-refractivity contribution >= 4 is 5.91 Å². The lowest BCUT2D eigenvalue weighted by molar-refractivity contribution is 0.0935. The van der Waals surface area contributed by atoms with Crippen molar-refractivity contribution in [3.05, 3.63) is 65.2 Å². The van der Waals surface area contributed by atoms with Crippen molar-refractivity contribution in [2.45, 2.75) is 45.6 Å². The first-order chi connectivity index (χ1) is 11.3. The summed E-state index contributed by atoms with van der Waals surface area (Å²) in [5, 5.41) is 3.12. The average molecular weight is 325 g/mol. The molecule has 0 fully saturated rings. The molecule has 128 valence electrons. The summed E-state index contributed by atoms with van der Waals surface area (Å²) >= 11 is 0. The molecule has 0 bridgehead atoms. The van der Waals surface area contributed by atoms with Gasteiger partial charge in [-0.25, -0.2) is 0 Å². The molecule has 0 aliphatic carbocycles. The van der Waals surface area contributed by atoms with Crippen molar-refractivity contribution in [3.8, 4) is 5.75 Å². The van der Waals surface area contributed by atoms with Gasteiger partial charge in [-0.05, 0) is 47.2 Å². The Morgan fingerprint density at radius 3 is 2.08 bits per heavy atom. The number of nitrogens with one attached hydrogen (secondary N) is 1. The van der Waals surface area contributed by atoms with Crippen molar-refractivity contribution in [1.82, 2.24) is 5.32 Å². The normalized spacial score (nSPS) is 12.5. The molecule has 0 heterocycles. The molecule has 2 aromatic rings. The summed E-state index contributed by atoms with van der Waals surface area (Å²) < 4.78 is 5.18. The van der Waals surface area contributed by atoms with E-state index < -0.39 is 0 Å². The molecule has 0 saturated heterocycles. The lowest BCUT2D eigenvalue weighted by Crippen LogP contribution is -2.28. The summed E-state index contributed by atoms with van der Waals surface area (Å²) in [6, 6.07) is 15.7. The summed E-state index contributed by atoms with van der Waals surface area (Å²) in [5.41, 5.74) is 3.08. The fourth-order valence-corrected chi connectivity index (χ4v) is 2.62. The van der Waals surface area contributed by atoms with E-state index in [1.54, 1.807) is 7.11 Å². The molecule has 0 aliphatic heterocycles. The molecule has 0 aromatic heterocycles. The van der Waals surface area contributed by atoms with Gasteiger partial charge in [0.2, 0.25) is 0 Å². The van der Waals surface area contributed by atoms with Crippen molar-refractivity contribution in [1.29, 1.82) is 0 Å². The van der Waals surface area contributed by atoms with Gasteiger partial charge >= 0.3 is 0 Å². The number of carbonyl (C=O) groups excluding carboxylic acids is 1. The number of hydrogen-bond acceptors (Lipinski definition) is 2. The van der Waals surface area contributed by atoms with Crippen LogP contribution in [0.1, 0.15) is 61.6 Å². The first-order valence-corrected chi connectivity index (χ1v) is 8.40. The minimum atomic E-state index is -0.0434. The van der Waals surface area contributed by atoms with Gasteiger partial charge < -0.3 is 10.1 Å². The number of amides is 1. The van der Waals surface area contributed by atoms with Crippen LogP contribution in [0.25, 0.3) is 0 Å². The molecule has 1 N–H and O–H groups in total. The Balaban J connectivity index is 2.11. The largest absolute Gasteiger partial charge is 0.497 e. The van der Waals surface area contributed by atoms with E-state index in [9.17, 15) is 4.79 Å². The molecule has 2 aromatic carbocycles. The van der Waals surface area contributed by atoms with E-state index in [2.05, 4.69) is 33.0 Å². The number of hydrogen-bond donors (Lipinski definition) is 1. The first kappa shape index (κ1) is 18.1. The van der Waals surface area contributed by atoms with Crippen molar-refractivity contribution < 1.29 is 9.53 Å². The molecule has 1 atom stereocenters. The SMILES string of the molecule is CCC(NC(=O)c1ccc(C(C)(C)C)cc1)c1ccc(OC)cc1. The van der Waals surface area contributed by atoms with Crippen LogP contribution < -0.4 is 10.1 Å². The Morgan fingerprint density at radius 1 is 1.04 bits per heavy atom. The molecule has 1 unspecified atom stereocenters. The zero-order chi connectivity index (χ0) is 17.7. The maximum absolute atomic E-state index is 12.5. The molecule has 0 aliphatic rings. The van der Waals surface area contributed by atoms with Gasteiger partial charge in [0.1, 0.15) is 5.75 Å². The fourth-order valence-electron chi connectivity index (χ4n) is 2.62. The lowest BCUT2D eigenvalue weighted by Gasteiger charge is -2.20. The predicted octanol–water partition coefficient (Wildman–Crippen LogP) is 4.87. The third-order valence-corrected chi connectivity index (χ3v) is 4.24. The van der Waals surface area contributed by atoms with Gasteiger partial charge in [-0.1, -0.05) is 52.0 Å². The highest BCUT2D eigenvalue weighted by molar-refractivity contribution is 5.94. The zero-order valence-electron chi connectivity index (χ0n) is 15.2. The Labute approximate surface area is 145 Å². The quantitative estimate of drug-likeness (QED) is 0.851. The second-order valence-electron chi connectivity index (χ2n) is 7.03. The minimum absolute atomic E-state index is 0.00861. The number of rotatable bonds is 5. The van der Waals surface area contributed by atoms with Gasteiger partial charge in [-0.2, -0.15) is 0 Å². The smallest absolute Gasteiger partial charge is 0.251 e. The average Bonchev–Trinajstić information content (AvgIpc) is 2.59. The van der Waals surface area contributed by atoms with Crippen LogP contribution in [0.3, 0.4) is 0 Å². The van der Waals surface area contributed by atoms with Crippen LogP contribution in [0.15, 0.2) is 48.5 Å². The number of methoxy groups -OCH3 is 1. The molecule has 0 spiro atoms. The van der Waals surface area contributed by atoms with Gasteiger partial charge in [-0.15, -0.1) is 0 Å². The van der Waals surface area contributed by atoms with Crippen molar-refractivity contribution in [2.24, 2.45) is 0 Å². The lowest BCUT2D eigenvalue weighted by atomic mass is 9.86. The molecule has 0 saturated carbocycles. The monoisotopic (exact) mass is 325 g/mol. The molecule has 0 radical (unpaired) electrons. The minimum Gasteiger partial charge on any atom is -0.497 e. The van der Waals surface area contributed by atoms with Crippen LogP contribution in [0, 0.1) is 0 Å². The Hall–Kier alpha value is -2.29. The van der Waals surface area contributed by atoms with Gasteiger partial charge in [0.05, 0.1) is 13.2 Å². The van der Waals surface area contributed by atoms with Crippen LogP contribution in [0.2, 0.25) is 0 Å². The summed E-state index contributed by atoms with van der Waals surface area (Å²) in [4.78, 5) is 12.5. The van der Waals surface area contributed by atoms with E-state index in [0.29, 0.717) is 5.56 Å². The van der Waals surface area contributed by atoms with Gasteiger partial charge in [0, 0.05) is 5.56 Å². The van der Waals surface area contributed by atoms with E-state index in [1.807, 2.05) is 48.5 Å². The Kier molecular flexibility index (Phi) is 5.66. The van der Waals surface area contributed by atoms with Crippen LogP contribution in [-0.2, 0) is 5.41 Å². The molecule has 24 heavy (non-hydrogen) atoms.